The van der Waals surface area contributed by atoms with Crippen molar-refractivity contribution in [2.45, 2.75) is 6.61 Å². The molecule has 0 amide bonds. The van der Waals surface area contributed by atoms with Crippen LogP contribution in [0.4, 0.5) is 5.69 Å². The Morgan fingerprint density at radius 1 is 1.29 bits per heavy atom. The minimum Gasteiger partial charge on any atom is -0.484 e. The normalized spacial score (nSPS) is 10.0. The quantitative estimate of drug-likeness (QED) is 0.738. The molecule has 1 heterocycles. The van der Waals surface area contributed by atoms with Crippen LogP contribution >= 0.6 is 0 Å². The van der Waals surface area contributed by atoms with Crippen molar-refractivity contribution in [1.29, 1.82) is 0 Å². The second-order valence-electron chi connectivity index (χ2n) is 2.69. The van der Waals surface area contributed by atoms with E-state index in [1.54, 1.807) is 24.3 Å². The number of benzene rings is 1. The van der Waals surface area contributed by atoms with Gasteiger partial charge < -0.3 is 15.0 Å². The zero-order chi connectivity index (χ0) is 9.80. The summed E-state index contributed by atoms with van der Waals surface area (Å²) in [6.45, 7) is 0.268. The van der Waals surface area contributed by atoms with Gasteiger partial charge in [-0.15, -0.1) is 0 Å². The fraction of sp³-hybridized carbons (Fsp3) is 0.111. The van der Waals surface area contributed by atoms with Gasteiger partial charge in [0.25, 0.3) is 5.89 Å². The number of aromatic nitrogens is 2. The molecular weight excluding hydrogens is 182 g/mol. The van der Waals surface area contributed by atoms with Gasteiger partial charge in [-0.2, -0.15) is 4.98 Å². The molecule has 1 aromatic heterocycles. The number of nitrogens with two attached hydrogens (primary N) is 1. The van der Waals surface area contributed by atoms with Gasteiger partial charge in [0.1, 0.15) is 5.75 Å². The maximum absolute atomic E-state index is 5.52. The molecule has 5 nitrogen and oxygen atoms in total. The predicted molar refractivity (Wildman–Crippen MR) is 49.5 cm³/mol. The van der Waals surface area contributed by atoms with E-state index in [0.717, 1.165) is 5.75 Å². The van der Waals surface area contributed by atoms with Gasteiger partial charge in [0.15, 0.2) is 12.9 Å². The number of nitrogen functional groups attached to an aromatic ring is 1. The molecule has 72 valence electrons. The van der Waals surface area contributed by atoms with Crippen LogP contribution in [0.3, 0.4) is 0 Å². The molecule has 2 aromatic rings. The van der Waals surface area contributed by atoms with Crippen LogP contribution in [-0.4, -0.2) is 10.1 Å². The predicted octanol–water partition coefficient (Wildman–Crippen LogP) is 1.23. The van der Waals surface area contributed by atoms with E-state index in [-0.39, 0.29) is 6.61 Å². The number of hydrogen-bond donors (Lipinski definition) is 1. The first-order valence-corrected chi connectivity index (χ1v) is 4.08. The third-order valence-corrected chi connectivity index (χ3v) is 1.65. The van der Waals surface area contributed by atoms with Crippen molar-refractivity contribution in [1.82, 2.24) is 10.1 Å². The van der Waals surface area contributed by atoms with E-state index in [4.69, 9.17) is 15.0 Å². The van der Waals surface area contributed by atoms with Crippen LogP contribution in [0.2, 0.25) is 0 Å². The SMILES string of the molecule is Nc1ccc(OCc2ncno2)cc1. The molecule has 0 radical (unpaired) electrons. The molecule has 2 rings (SSSR count). The molecule has 14 heavy (non-hydrogen) atoms. The third kappa shape index (κ3) is 2.01. The highest BCUT2D eigenvalue weighted by molar-refractivity contribution is 5.41. The Morgan fingerprint density at radius 2 is 2.07 bits per heavy atom. The first-order valence-electron chi connectivity index (χ1n) is 4.08. The van der Waals surface area contributed by atoms with E-state index in [1.165, 1.54) is 6.33 Å². The van der Waals surface area contributed by atoms with Gasteiger partial charge in [-0.1, -0.05) is 5.16 Å². The Morgan fingerprint density at radius 3 is 2.71 bits per heavy atom. The van der Waals surface area contributed by atoms with Crippen LogP contribution in [-0.2, 0) is 6.61 Å². The monoisotopic (exact) mass is 191 g/mol. The van der Waals surface area contributed by atoms with Crippen LogP contribution in [0.1, 0.15) is 5.89 Å². The van der Waals surface area contributed by atoms with E-state index < -0.39 is 0 Å². The minimum atomic E-state index is 0.268. The lowest BCUT2D eigenvalue weighted by Gasteiger charge is -2.02. The molecule has 5 heteroatoms. The third-order valence-electron chi connectivity index (χ3n) is 1.65. The summed E-state index contributed by atoms with van der Waals surface area (Å²) in [5, 5.41) is 3.46. The number of nitrogens with zero attached hydrogens (tertiary/aromatic N) is 2. The second kappa shape index (κ2) is 3.78. The lowest BCUT2D eigenvalue weighted by molar-refractivity contribution is 0.243. The topological polar surface area (TPSA) is 74.2 Å². The second-order valence-corrected chi connectivity index (χ2v) is 2.69. The highest BCUT2D eigenvalue weighted by Crippen LogP contribution is 2.14. The van der Waals surface area contributed by atoms with E-state index >= 15 is 0 Å². The highest BCUT2D eigenvalue weighted by atomic mass is 16.5. The van der Waals surface area contributed by atoms with Crippen LogP contribution in [0, 0.1) is 0 Å². The summed E-state index contributed by atoms with van der Waals surface area (Å²) in [5.74, 6) is 1.17. The van der Waals surface area contributed by atoms with Crippen molar-refractivity contribution in [3.8, 4) is 5.75 Å². The van der Waals surface area contributed by atoms with Gasteiger partial charge in [0.05, 0.1) is 0 Å². The number of hydrogen-bond acceptors (Lipinski definition) is 5. The van der Waals surface area contributed by atoms with Gasteiger partial charge >= 0.3 is 0 Å². The van der Waals surface area contributed by atoms with Crippen LogP contribution in [0.15, 0.2) is 35.1 Å². The average molecular weight is 191 g/mol. The molecule has 0 fully saturated rings. The maximum Gasteiger partial charge on any atom is 0.264 e. The molecular formula is C9H9N3O2. The van der Waals surface area contributed by atoms with Crippen LogP contribution in [0.5, 0.6) is 5.75 Å². The fourth-order valence-corrected chi connectivity index (χ4v) is 0.969. The van der Waals surface area contributed by atoms with Crippen molar-refractivity contribution in [2.24, 2.45) is 0 Å². The van der Waals surface area contributed by atoms with Gasteiger partial charge in [0.2, 0.25) is 0 Å². The molecule has 0 aliphatic rings. The van der Waals surface area contributed by atoms with Crippen molar-refractivity contribution in [3.05, 3.63) is 36.5 Å². The molecule has 1 aromatic carbocycles. The van der Waals surface area contributed by atoms with E-state index in [2.05, 4.69) is 10.1 Å². The number of anilines is 1. The molecule has 0 aliphatic carbocycles. The van der Waals surface area contributed by atoms with E-state index in [1.807, 2.05) is 0 Å². The summed E-state index contributed by atoms with van der Waals surface area (Å²) in [5.41, 5.74) is 6.22. The minimum absolute atomic E-state index is 0.268. The Labute approximate surface area is 80.5 Å². The Kier molecular flexibility index (Phi) is 2.31. The van der Waals surface area contributed by atoms with Crippen molar-refractivity contribution in [2.75, 3.05) is 5.73 Å². The molecule has 0 saturated carbocycles. The van der Waals surface area contributed by atoms with Gasteiger partial charge in [-0.3, -0.25) is 0 Å². The smallest absolute Gasteiger partial charge is 0.264 e. The summed E-state index contributed by atoms with van der Waals surface area (Å²) in [4.78, 5) is 3.82. The van der Waals surface area contributed by atoms with Gasteiger partial charge in [-0.25, -0.2) is 0 Å². The molecule has 0 spiro atoms. The standard InChI is InChI=1S/C9H9N3O2/c10-7-1-3-8(4-2-7)13-5-9-11-6-12-14-9/h1-4,6H,5,10H2. The zero-order valence-corrected chi connectivity index (χ0v) is 7.38. The highest BCUT2D eigenvalue weighted by Gasteiger charge is 1.99. The van der Waals surface area contributed by atoms with Gasteiger partial charge in [-0.05, 0) is 24.3 Å². The average Bonchev–Trinajstić information content (AvgIpc) is 2.70. The summed E-state index contributed by atoms with van der Waals surface area (Å²) >= 11 is 0. The number of rotatable bonds is 3. The zero-order valence-electron chi connectivity index (χ0n) is 7.38. The van der Waals surface area contributed by atoms with Gasteiger partial charge in [0, 0.05) is 5.69 Å². The first kappa shape index (κ1) is 8.55. The first-order chi connectivity index (χ1) is 6.84. The molecule has 0 saturated heterocycles. The van der Waals surface area contributed by atoms with Crippen molar-refractivity contribution in [3.63, 3.8) is 0 Å². The van der Waals surface area contributed by atoms with Crippen LogP contribution in [0.25, 0.3) is 0 Å². The van der Waals surface area contributed by atoms with Crippen molar-refractivity contribution < 1.29 is 9.26 Å². The van der Waals surface area contributed by atoms with Crippen molar-refractivity contribution >= 4 is 5.69 Å². The molecule has 0 aliphatic heterocycles. The lowest BCUT2D eigenvalue weighted by Crippen LogP contribution is -1.95. The Bertz CT molecular complexity index is 383. The summed E-state index contributed by atoms with van der Waals surface area (Å²) in [6, 6.07) is 7.10. The number of ether oxygens (including phenoxy) is 1. The molecule has 0 bridgehead atoms. The summed E-state index contributed by atoms with van der Waals surface area (Å²) in [7, 11) is 0. The fourth-order valence-electron chi connectivity index (χ4n) is 0.969. The molecule has 0 atom stereocenters. The summed E-state index contributed by atoms with van der Waals surface area (Å²) in [6.07, 6.45) is 1.33. The largest absolute Gasteiger partial charge is 0.484 e. The van der Waals surface area contributed by atoms with E-state index in [9.17, 15) is 0 Å². The molecule has 0 unspecified atom stereocenters. The summed E-state index contributed by atoms with van der Waals surface area (Å²) < 4.78 is 10.1. The van der Waals surface area contributed by atoms with E-state index in [0.29, 0.717) is 11.6 Å². The maximum atomic E-state index is 5.52. The Hall–Kier alpha value is -2.04. The lowest BCUT2D eigenvalue weighted by atomic mass is 10.3. The Balaban J connectivity index is 1.95. The molecule has 2 N–H and O–H groups in total. The van der Waals surface area contributed by atoms with Crippen LogP contribution < -0.4 is 10.5 Å².